The first-order valence-electron chi connectivity index (χ1n) is 11.7. The third-order valence-corrected chi connectivity index (χ3v) is 8.81. The molecule has 1 aliphatic heterocycles. The molecule has 1 fully saturated rings. The number of aromatic nitrogens is 2. The van der Waals surface area contributed by atoms with Crippen LogP contribution in [0.1, 0.15) is 10.4 Å². The number of fused-ring (bicyclic) bond motifs is 1. The molecule has 0 aliphatic carbocycles. The molecule has 10 heteroatoms. The van der Waals surface area contributed by atoms with Gasteiger partial charge in [0.1, 0.15) is 12.4 Å². The number of aryl methyl sites for hydroxylation is 1. The molecule has 188 valence electrons. The van der Waals surface area contributed by atoms with Crippen LogP contribution in [-0.2, 0) is 30.2 Å². The number of hydrogen-bond acceptors (Lipinski definition) is 7. The highest BCUT2D eigenvalue weighted by Crippen LogP contribution is 2.34. The Labute approximate surface area is 214 Å². The first-order valence-corrected chi connectivity index (χ1v) is 14.4. The Morgan fingerprint density at radius 1 is 1.06 bits per heavy atom. The lowest BCUT2D eigenvalue weighted by molar-refractivity contribution is 0.183. The number of rotatable bonds is 7. The van der Waals surface area contributed by atoms with Crippen molar-refractivity contribution in [3.8, 4) is 16.9 Å². The predicted octanol–water partition coefficient (Wildman–Crippen LogP) is 3.32. The summed E-state index contributed by atoms with van der Waals surface area (Å²) in [7, 11) is -1.40. The topological polar surface area (TPSA) is 84.7 Å². The van der Waals surface area contributed by atoms with Crippen molar-refractivity contribution >= 4 is 31.4 Å². The fourth-order valence-corrected chi connectivity index (χ4v) is 6.46. The van der Waals surface area contributed by atoms with Crippen molar-refractivity contribution in [1.82, 2.24) is 18.8 Å². The lowest BCUT2D eigenvalue weighted by Gasteiger charge is -2.32. The summed E-state index contributed by atoms with van der Waals surface area (Å²) in [5, 5.41) is 0.681. The van der Waals surface area contributed by atoms with Crippen LogP contribution < -0.4 is 10.3 Å². The number of hydrogen-bond donors (Lipinski definition) is 0. The summed E-state index contributed by atoms with van der Waals surface area (Å²) in [4.78, 5) is 20.6. The van der Waals surface area contributed by atoms with Crippen molar-refractivity contribution in [3.05, 3.63) is 81.8 Å². The summed E-state index contributed by atoms with van der Waals surface area (Å²) in [6.45, 7) is 3.42. The quantitative estimate of drug-likeness (QED) is 0.369. The van der Waals surface area contributed by atoms with Crippen LogP contribution in [-0.4, -0.2) is 59.6 Å². The van der Waals surface area contributed by atoms with E-state index in [0.29, 0.717) is 50.5 Å². The fraction of sp³-hybridized carbons (Fsp3) is 0.308. The first kappa shape index (κ1) is 24.6. The van der Waals surface area contributed by atoms with Crippen molar-refractivity contribution < 1.29 is 13.2 Å². The van der Waals surface area contributed by atoms with Gasteiger partial charge in [-0.2, -0.15) is 4.31 Å². The normalized spacial score (nSPS) is 15.4. The monoisotopic (exact) mass is 524 g/mol. The summed E-state index contributed by atoms with van der Waals surface area (Å²) < 4.78 is 33.6. The van der Waals surface area contributed by atoms with E-state index in [-0.39, 0.29) is 5.56 Å². The van der Waals surface area contributed by atoms with E-state index in [0.717, 1.165) is 26.3 Å². The van der Waals surface area contributed by atoms with Crippen molar-refractivity contribution in [3.63, 3.8) is 0 Å². The average Bonchev–Trinajstić information content (AvgIpc) is 3.29. The number of ether oxygens (including phenoxy) is 1. The van der Waals surface area contributed by atoms with Gasteiger partial charge in [0.15, 0.2) is 0 Å². The van der Waals surface area contributed by atoms with Gasteiger partial charge in [0.25, 0.3) is 5.56 Å². The molecule has 0 radical (unpaired) electrons. The third-order valence-electron chi connectivity index (χ3n) is 6.35. The molecule has 1 aliphatic rings. The lowest BCUT2D eigenvalue weighted by atomic mass is 10.1. The van der Waals surface area contributed by atoms with Gasteiger partial charge >= 0.3 is 0 Å². The lowest BCUT2D eigenvalue weighted by Crippen LogP contribution is -2.47. The molecule has 4 heterocycles. The summed E-state index contributed by atoms with van der Waals surface area (Å²) in [6.07, 6.45) is 6.59. The number of nitrogens with zero attached hydrogens (tertiary/aromatic N) is 4. The van der Waals surface area contributed by atoms with Crippen molar-refractivity contribution in [2.24, 2.45) is 7.05 Å². The Balaban J connectivity index is 1.40. The Morgan fingerprint density at radius 2 is 1.81 bits per heavy atom. The Morgan fingerprint density at radius 3 is 2.53 bits per heavy atom. The maximum Gasteiger partial charge on any atom is 0.259 e. The largest absolute Gasteiger partial charge is 0.487 e. The molecule has 1 aromatic carbocycles. The zero-order chi connectivity index (χ0) is 25.3. The second kappa shape index (κ2) is 10.1. The highest BCUT2D eigenvalue weighted by molar-refractivity contribution is 7.88. The molecule has 0 atom stereocenters. The molecule has 4 aromatic rings. The van der Waals surface area contributed by atoms with Gasteiger partial charge < -0.3 is 9.30 Å². The van der Waals surface area contributed by atoms with Gasteiger partial charge in [-0.05, 0) is 17.7 Å². The molecule has 0 saturated carbocycles. The smallest absolute Gasteiger partial charge is 0.259 e. The molecule has 0 unspecified atom stereocenters. The minimum atomic E-state index is -3.16. The molecule has 3 aromatic heterocycles. The van der Waals surface area contributed by atoms with E-state index in [1.54, 1.807) is 35.3 Å². The number of pyridine rings is 2. The van der Waals surface area contributed by atoms with E-state index >= 15 is 0 Å². The highest BCUT2D eigenvalue weighted by atomic mass is 32.2. The minimum Gasteiger partial charge on any atom is -0.487 e. The molecule has 0 amide bonds. The number of sulfonamides is 1. The second-order valence-corrected chi connectivity index (χ2v) is 12.2. The van der Waals surface area contributed by atoms with Crippen LogP contribution >= 0.6 is 11.3 Å². The molecule has 36 heavy (non-hydrogen) atoms. The van der Waals surface area contributed by atoms with E-state index in [1.807, 2.05) is 48.7 Å². The Hall–Kier alpha value is -3.05. The van der Waals surface area contributed by atoms with Gasteiger partial charge in [-0.1, -0.05) is 30.3 Å². The summed E-state index contributed by atoms with van der Waals surface area (Å²) in [5.74, 6) is 0.666. The Bertz CT molecular complexity index is 1540. The maximum absolute atomic E-state index is 12.9. The van der Waals surface area contributed by atoms with E-state index in [2.05, 4.69) is 9.88 Å². The van der Waals surface area contributed by atoms with E-state index in [1.165, 1.54) is 10.6 Å². The van der Waals surface area contributed by atoms with Gasteiger partial charge in [0.05, 0.1) is 17.8 Å². The van der Waals surface area contributed by atoms with E-state index in [9.17, 15) is 13.2 Å². The maximum atomic E-state index is 12.9. The zero-order valence-corrected chi connectivity index (χ0v) is 21.9. The van der Waals surface area contributed by atoms with E-state index in [4.69, 9.17) is 4.74 Å². The molecular weight excluding hydrogens is 496 g/mol. The first-order chi connectivity index (χ1) is 17.3. The van der Waals surface area contributed by atoms with Crippen LogP contribution in [0.5, 0.6) is 5.75 Å². The molecule has 5 rings (SSSR count). The van der Waals surface area contributed by atoms with Crippen LogP contribution in [0.2, 0.25) is 0 Å². The van der Waals surface area contributed by atoms with Crippen LogP contribution in [0.25, 0.3) is 21.2 Å². The molecule has 8 nitrogen and oxygen atoms in total. The highest BCUT2D eigenvalue weighted by Gasteiger charge is 2.24. The third kappa shape index (κ3) is 5.36. The number of piperazine rings is 1. The molecule has 0 bridgehead atoms. The van der Waals surface area contributed by atoms with Crippen LogP contribution in [0, 0.1) is 0 Å². The van der Waals surface area contributed by atoms with Crippen LogP contribution in [0.15, 0.2) is 65.8 Å². The molecule has 1 saturated heterocycles. The minimum absolute atomic E-state index is 0.0393. The van der Waals surface area contributed by atoms with Crippen molar-refractivity contribution in [2.45, 2.75) is 13.2 Å². The molecular formula is C26H28N4O4S2. The standard InChI is InChI=1S/C26H28N4O4S2/c1-28-17-24(20-12-21(15-27-14-20)34-18-19-6-4-3-5-7-19)25-23(26(28)31)13-22(35-25)16-29-8-10-30(11-9-29)36(2,32)33/h3-7,12-15,17H,8-11,16,18H2,1-2H3. The average molecular weight is 525 g/mol. The SMILES string of the molecule is Cn1cc(-c2cncc(OCc3ccccc3)c2)c2sc(CN3CCN(S(C)(=O)=O)CC3)cc2c1=O. The summed E-state index contributed by atoms with van der Waals surface area (Å²) in [5.41, 5.74) is 2.86. The second-order valence-electron chi connectivity index (χ2n) is 9.04. The van der Waals surface area contributed by atoms with Crippen LogP contribution in [0.4, 0.5) is 0 Å². The van der Waals surface area contributed by atoms with Gasteiger partial charge in [0.2, 0.25) is 10.0 Å². The molecule has 0 N–H and O–H groups in total. The van der Waals surface area contributed by atoms with Gasteiger partial charge in [-0.25, -0.2) is 8.42 Å². The van der Waals surface area contributed by atoms with Crippen molar-refractivity contribution in [2.75, 3.05) is 32.4 Å². The number of thiophene rings is 1. The van der Waals surface area contributed by atoms with Crippen LogP contribution in [0.3, 0.4) is 0 Å². The summed E-state index contributed by atoms with van der Waals surface area (Å²) >= 11 is 1.60. The zero-order valence-electron chi connectivity index (χ0n) is 20.3. The predicted molar refractivity (Wildman–Crippen MR) is 143 cm³/mol. The number of benzene rings is 1. The summed E-state index contributed by atoms with van der Waals surface area (Å²) in [6, 6.07) is 13.9. The molecule has 0 spiro atoms. The van der Waals surface area contributed by atoms with Gasteiger partial charge in [-0.3, -0.25) is 14.7 Å². The Kier molecular flexibility index (Phi) is 6.94. The van der Waals surface area contributed by atoms with Gasteiger partial charge in [0, 0.05) is 72.9 Å². The van der Waals surface area contributed by atoms with Crippen molar-refractivity contribution in [1.29, 1.82) is 0 Å². The fourth-order valence-electron chi connectivity index (χ4n) is 4.41. The van der Waals surface area contributed by atoms with E-state index < -0.39 is 10.0 Å². The van der Waals surface area contributed by atoms with Gasteiger partial charge in [-0.15, -0.1) is 11.3 Å².